The summed E-state index contributed by atoms with van der Waals surface area (Å²) in [4.78, 5) is 17.3. The van der Waals surface area contributed by atoms with Crippen molar-refractivity contribution in [2.45, 2.75) is 25.8 Å². The summed E-state index contributed by atoms with van der Waals surface area (Å²) in [6.07, 6.45) is 7.01. The molecule has 0 saturated heterocycles. The third kappa shape index (κ3) is 3.45. The zero-order chi connectivity index (χ0) is 19.7. The number of carbonyl (C=O) groups excluding carboxylic acids is 1. The molecule has 1 aliphatic heterocycles. The molecule has 0 bridgehead atoms. The number of anilines is 1. The summed E-state index contributed by atoms with van der Waals surface area (Å²) in [5, 5.41) is 11.3. The lowest BCUT2D eigenvalue weighted by molar-refractivity contribution is -0.154. The number of alkyl halides is 2. The van der Waals surface area contributed by atoms with Crippen LogP contribution in [-0.2, 0) is 11.3 Å². The lowest BCUT2D eigenvalue weighted by atomic mass is 10.0. The van der Waals surface area contributed by atoms with Crippen LogP contribution in [0.25, 0.3) is 11.2 Å². The highest BCUT2D eigenvalue weighted by molar-refractivity contribution is 5.85. The molecule has 4 heterocycles. The molecule has 3 aromatic heterocycles. The summed E-state index contributed by atoms with van der Waals surface area (Å²) < 4.78 is 33.5. The molecule has 3 aromatic rings. The Balaban J connectivity index is 1.55. The molecule has 0 saturated carbocycles. The van der Waals surface area contributed by atoms with Gasteiger partial charge in [0.1, 0.15) is 12.1 Å². The Hall–Kier alpha value is -3.30. The van der Waals surface area contributed by atoms with Gasteiger partial charge in [-0.15, -0.1) is 10.2 Å². The van der Waals surface area contributed by atoms with Gasteiger partial charge in [0, 0.05) is 31.8 Å². The second kappa shape index (κ2) is 7.02. The van der Waals surface area contributed by atoms with E-state index in [9.17, 15) is 13.6 Å². The number of halogens is 2. The Kier molecular flexibility index (Phi) is 4.54. The average Bonchev–Trinajstić information content (AvgIpc) is 3.37. The Morgan fingerprint density at radius 2 is 2.29 bits per heavy atom. The standard InChI is InChI=1S/C18H18F2N6O2/c1-18(19,20)16(27)25-6-4-12(5-7-25)14-10-22-17(26-11-23-24-15(14)26)21-9-13-3-2-8-28-13/h2-4,8,10-11H,5-7,9H2,1H3,(H,21,22). The molecule has 10 heteroatoms. The van der Waals surface area contributed by atoms with Crippen LogP contribution in [0.5, 0.6) is 0 Å². The molecule has 0 unspecified atom stereocenters. The van der Waals surface area contributed by atoms with Gasteiger partial charge in [0.05, 0.1) is 12.8 Å². The fourth-order valence-electron chi connectivity index (χ4n) is 3.13. The maximum absolute atomic E-state index is 13.2. The molecule has 1 N–H and O–H groups in total. The summed E-state index contributed by atoms with van der Waals surface area (Å²) in [7, 11) is 0. The van der Waals surface area contributed by atoms with Gasteiger partial charge in [0.2, 0.25) is 5.95 Å². The highest BCUT2D eigenvalue weighted by Crippen LogP contribution is 2.27. The van der Waals surface area contributed by atoms with Crippen molar-refractivity contribution in [3.63, 3.8) is 0 Å². The van der Waals surface area contributed by atoms with Crippen molar-refractivity contribution in [3.05, 3.63) is 48.3 Å². The van der Waals surface area contributed by atoms with Crippen molar-refractivity contribution in [2.24, 2.45) is 0 Å². The molecule has 0 fully saturated rings. The topological polar surface area (TPSA) is 88.6 Å². The number of rotatable bonds is 5. The number of fused-ring (bicyclic) bond motifs is 1. The van der Waals surface area contributed by atoms with E-state index in [1.165, 1.54) is 0 Å². The largest absolute Gasteiger partial charge is 0.467 e. The van der Waals surface area contributed by atoms with E-state index in [0.29, 0.717) is 31.5 Å². The Bertz CT molecular complexity index is 1020. The molecule has 1 amide bonds. The third-order valence-corrected chi connectivity index (χ3v) is 4.55. The van der Waals surface area contributed by atoms with Crippen molar-refractivity contribution in [2.75, 3.05) is 18.4 Å². The molecule has 1 aliphatic rings. The van der Waals surface area contributed by atoms with E-state index in [1.807, 2.05) is 6.07 Å². The van der Waals surface area contributed by atoms with Crippen LogP contribution < -0.4 is 5.32 Å². The number of carbonyl (C=O) groups is 1. The maximum Gasteiger partial charge on any atom is 0.322 e. The van der Waals surface area contributed by atoms with Crippen molar-refractivity contribution in [1.29, 1.82) is 0 Å². The second-order valence-electron chi connectivity index (χ2n) is 6.57. The lowest BCUT2D eigenvalue weighted by Crippen LogP contribution is -2.43. The van der Waals surface area contributed by atoms with Gasteiger partial charge < -0.3 is 14.6 Å². The van der Waals surface area contributed by atoms with Crippen LogP contribution in [0.2, 0.25) is 0 Å². The van der Waals surface area contributed by atoms with Crippen LogP contribution in [0.3, 0.4) is 0 Å². The Morgan fingerprint density at radius 1 is 1.43 bits per heavy atom. The number of amides is 1. The minimum Gasteiger partial charge on any atom is -0.467 e. The normalized spacial score (nSPS) is 15.0. The van der Waals surface area contributed by atoms with Crippen molar-refractivity contribution in [1.82, 2.24) is 24.5 Å². The molecule has 4 rings (SSSR count). The predicted molar refractivity (Wildman–Crippen MR) is 96.6 cm³/mol. The lowest BCUT2D eigenvalue weighted by Gasteiger charge is -2.28. The monoisotopic (exact) mass is 388 g/mol. The van der Waals surface area contributed by atoms with Gasteiger partial charge in [0.15, 0.2) is 5.65 Å². The van der Waals surface area contributed by atoms with Gasteiger partial charge in [0.25, 0.3) is 5.91 Å². The van der Waals surface area contributed by atoms with Crippen LogP contribution in [-0.4, -0.2) is 49.4 Å². The van der Waals surface area contributed by atoms with Gasteiger partial charge in [-0.1, -0.05) is 6.08 Å². The number of nitrogens with one attached hydrogen (secondary N) is 1. The minimum absolute atomic E-state index is 0.121. The van der Waals surface area contributed by atoms with E-state index in [-0.39, 0.29) is 13.1 Å². The summed E-state index contributed by atoms with van der Waals surface area (Å²) in [5.41, 5.74) is 2.26. The van der Waals surface area contributed by atoms with Gasteiger partial charge in [-0.05, 0) is 24.1 Å². The summed E-state index contributed by atoms with van der Waals surface area (Å²) in [6.45, 7) is 1.41. The first-order valence-electron chi connectivity index (χ1n) is 8.75. The predicted octanol–water partition coefficient (Wildman–Crippen LogP) is 2.60. The fraction of sp³-hybridized carbons (Fsp3) is 0.333. The smallest absolute Gasteiger partial charge is 0.322 e. The van der Waals surface area contributed by atoms with Crippen molar-refractivity contribution in [3.8, 4) is 0 Å². The maximum atomic E-state index is 13.2. The van der Waals surface area contributed by atoms with Gasteiger partial charge in [-0.25, -0.2) is 4.98 Å². The van der Waals surface area contributed by atoms with Gasteiger partial charge >= 0.3 is 5.92 Å². The first kappa shape index (κ1) is 18.1. The summed E-state index contributed by atoms with van der Waals surface area (Å²) in [5.74, 6) is -3.21. The highest BCUT2D eigenvalue weighted by atomic mass is 19.3. The Morgan fingerprint density at radius 3 is 2.96 bits per heavy atom. The molecule has 0 aromatic carbocycles. The molecule has 28 heavy (non-hydrogen) atoms. The first-order valence-corrected chi connectivity index (χ1v) is 8.75. The fourth-order valence-corrected chi connectivity index (χ4v) is 3.13. The minimum atomic E-state index is -3.37. The quantitative estimate of drug-likeness (QED) is 0.723. The molecular formula is C18H18F2N6O2. The van der Waals surface area contributed by atoms with Crippen LogP contribution >= 0.6 is 0 Å². The van der Waals surface area contributed by atoms with E-state index < -0.39 is 11.8 Å². The number of hydrogen-bond donors (Lipinski definition) is 1. The van der Waals surface area contributed by atoms with E-state index in [2.05, 4.69) is 20.5 Å². The molecule has 0 atom stereocenters. The van der Waals surface area contributed by atoms with E-state index in [1.54, 1.807) is 35.3 Å². The van der Waals surface area contributed by atoms with Crippen LogP contribution in [0.1, 0.15) is 24.7 Å². The first-order chi connectivity index (χ1) is 13.4. The van der Waals surface area contributed by atoms with E-state index in [0.717, 1.165) is 21.8 Å². The Labute approximate surface area is 158 Å². The third-order valence-electron chi connectivity index (χ3n) is 4.55. The molecule has 0 radical (unpaired) electrons. The van der Waals surface area contributed by atoms with E-state index >= 15 is 0 Å². The number of furan rings is 1. The van der Waals surface area contributed by atoms with E-state index in [4.69, 9.17) is 4.42 Å². The second-order valence-corrected chi connectivity index (χ2v) is 6.57. The van der Waals surface area contributed by atoms with Crippen LogP contribution in [0.15, 0.2) is 41.4 Å². The highest BCUT2D eigenvalue weighted by Gasteiger charge is 2.37. The molecule has 0 spiro atoms. The van der Waals surface area contributed by atoms with Crippen molar-refractivity contribution < 1.29 is 18.0 Å². The zero-order valence-electron chi connectivity index (χ0n) is 15.1. The molecule has 146 valence electrons. The SMILES string of the molecule is CC(F)(F)C(=O)N1CC=C(c2cnc(NCc3ccco3)n3cnnc23)CC1. The summed E-state index contributed by atoms with van der Waals surface area (Å²) >= 11 is 0. The molecular weight excluding hydrogens is 370 g/mol. The number of nitrogens with zero attached hydrogens (tertiary/aromatic N) is 5. The van der Waals surface area contributed by atoms with Crippen LogP contribution in [0, 0.1) is 0 Å². The summed E-state index contributed by atoms with van der Waals surface area (Å²) in [6, 6.07) is 3.66. The molecule has 8 nitrogen and oxygen atoms in total. The average molecular weight is 388 g/mol. The zero-order valence-corrected chi connectivity index (χ0v) is 15.1. The van der Waals surface area contributed by atoms with Crippen molar-refractivity contribution >= 4 is 23.1 Å². The van der Waals surface area contributed by atoms with Gasteiger partial charge in [-0.2, -0.15) is 8.78 Å². The van der Waals surface area contributed by atoms with Gasteiger partial charge in [-0.3, -0.25) is 9.20 Å². The molecule has 0 aliphatic carbocycles. The number of hydrogen-bond acceptors (Lipinski definition) is 6. The number of aromatic nitrogens is 4. The van der Waals surface area contributed by atoms with Crippen LogP contribution in [0.4, 0.5) is 14.7 Å².